The summed E-state index contributed by atoms with van der Waals surface area (Å²) >= 11 is 1.81. The minimum Gasteiger partial charge on any atom is -0.469 e. The maximum atomic E-state index is 10.9. The molecule has 16 heavy (non-hydrogen) atoms. The fourth-order valence-corrected chi connectivity index (χ4v) is 2.44. The lowest BCUT2D eigenvalue weighted by molar-refractivity contribution is -0.140. The third kappa shape index (κ3) is 4.27. The van der Waals surface area contributed by atoms with Crippen molar-refractivity contribution in [1.82, 2.24) is 0 Å². The maximum Gasteiger partial charge on any atom is 0.305 e. The molecule has 0 aromatic heterocycles. The summed E-state index contributed by atoms with van der Waals surface area (Å²) in [5.41, 5.74) is 2.58. The number of esters is 1. The van der Waals surface area contributed by atoms with Crippen LogP contribution >= 0.6 is 11.8 Å². The third-order valence-electron chi connectivity index (χ3n) is 2.35. The van der Waals surface area contributed by atoms with Crippen LogP contribution in [-0.4, -0.2) is 18.8 Å². The van der Waals surface area contributed by atoms with Gasteiger partial charge in [-0.15, -0.1) is 11.8 Å². The van der Waals surface area contributed by atoms with Gasteiger partial charge in [-0.2, -0.15) is 0 Å². The molecule has 0 amide bonds. The molecular formula is C13H18O2S. The molecule has 0 spiro atoms. The van der Waals surface area contributed by atoms with Crippen LogP contribution in [0.4, 0.5) is 0 Å². The van der Waals surface area contributed by atoms with Crippen LogP contribution in [0.3, 0.4) is 0 Å². The van der Waals surface area contributed by atoms with E-state index in [9.17, 15) is 4.79 Å². The molecule has 0 fully saturated rings. The van der Waals surface area contributed by atoms with Gasteiger partial charge in [0.15, 0.2) is 0 Å². The van der Waals surface area contributed by atoms with Gasteiger partial charge in [-0.25, -0.2) is 0 Å². The van der Waals surface area contributed by atoms with Crippen molar-refractivity contribution >= 4 is 17.7 Å². The summed E-state index contributed by atoms with van der Waals surface area (Å²) in [7, 11) is 1.43. The monoisotopic (exact) mass is 238 g/mol. The third-order valence-corrected chi connectivity index (χ3v) is 3.60. The quantitative estimate of drug-likeness (QED) is 0.447. The summed E-state index contributed by atoms with van der Waals surface area (Å²) < 4.78 is 4.60. The Morgan fingerprint density at radius 3 is 2.81 bits per heavy atom. The van der Waals surface area contributed by atoms with Gasteiger partial charge >= 0.3 is 5.97 Å². The Kier molecular flexibility index (Phi) is 5.39. The Labute approximate surface area is 101 Å². The first-order valence-corrected chi connectivity index (χ1v) is 6.39. The SMILES string of the molecule is COC(=O)CCCSc1cc(C)ccc1C. The molecule has 0 aliphatic heterocycles. The van der Waals surface area contributed by atoms with E-state index in [1.54, 1.807) is 11.8 Å². The Morgan fingerprint density at radius 2 is 2.12 bits per heavy atom. The standard InChI is InChI=1S/C13H18O2S/c1-10-6-7-11(2)12(9-10)16-8-4-5-13(14)15-3/h6-7,9H,4-5,8H2,1-3H3. The molecule has 3 heteroatoms. The molecule has 0 bridgehead atoms. The van der Waals surface area contributed by atoms with E-state index >= 15 is 0 Å². The molecule has 0 unspecified atom stereocenters. The van der Waals surface area contributed by atoms with E-state index in [2.05, 4.69) is 36.8 Å². The zero-order valence-corrected chi connectivity index (χ0v) is 10.9. The molecule has 1 aromatic rings. The van der Waals surface area contributed by atoms with Crippen molar-refractivity contribution in [2.24, 2.45) is 0 Å². The number of hydrogen-bond acceptors (Lipinski definition) is 3. The van der Waals surface area contributed by atoms with E-state index in [1.807, 2.05) is 0 Å². The van der Waals surface area contributed by atoms with Gasteiger partial charge in [0.25, 0.3) is 0 Å². The van der Waals surface area contributed by atoms with Gasteiger partial charge < -0.3 is 4.74 Å². The fourth-order valence-electron chi connectivity index (χ4n) is 1.36. The number of methoxy groups -OCH3 is 1. The van der Waals surface area contributed by atoms with Crippen LogP contribution in [0.2, 0.25) is 0 Å². The summed E-state index contributed by atoms with van der Waals surface area (Å²) in [5, 5.41) is 0. The second-order valence-electron chi connectivity index (χ2n) is 3.80. The van der Waals surface area contributed by atoms with Crippen molar-refractivity contribution < 1.29 is 9.53 Å². The van der Waals surface area contributed by atoms with E-state index in [4.69, 9.17) is 0 Å². The van der Waals surface area contributed by atoms with Gasteiger partial charge in [-0.05, 0) is 37.7 Å². The zero-order chi connectivity index (χ0) is 12.0. The van der Waals surface area contributed by atoms with Crippen LogP contribution in [0.15, 0.2) is 23.1 Å². The second-order valence-corrected chi connectivity index (χ2v) is 4.93. The first kappa shape index (κ1) is 13.1. The molecule has 1 rings (SSSR count). The lowest BCUT2D eigenvalue weighted by Gasteiger charge is -2.06. The number of hydrogen-bond donors (Lipinski definition) is 0. The molecular weight excluding hydrogens is 220 g/mol. The van der Waals surface area contributed by atoms with E-state index in [1.165, 1.54) is 23.1 Å². The summed E-state index contributed by atoms with van der Waals surface area (Å²) in [6.07, 6.45) is 1.37. The number of carbonyl (C=O) groups excluding carboxylic acids is 1. The van der Waals surface area contributed by atoms with Gasteiger partial charge in [0.1, 0.15) is 0 Å². The van der Waals surface area contributed by atoms with E-state index < -0.39 is 0 Å². The smallest absolute Gasteiger partial charge is 0.305 e. The van der Waals surface area contributed by atoms with Crippen molar-refractivity contribution in [3.8, 4) is 0 Å². The Bertz CT molecular complexity index is 361. The highest BCUT2D eigenvalue weighted by molar-refractivity contribution is 7.99. The number of benzene rings is 1. The average Bonchev–Trinajstić information content (AvgIpc) is 2.28. The van der Waals surface area contributed by atoms with Crippen molar-refractivity contribution in [2.45, 2.75) is 31.6 Å². The first-order chi connectivity index (χ1) is 7.63. The molecule has 0 heterocycles. The normalized spacial score (nSPS) is 10.2. The number of carbonyl (C=O) groups is 1. The van der Waals surface area contributed by atoms with Gasteiger partial charge in [0, 0.05) is 11.3 Å². The lowest BCUT2D eigenvalue weighted by Crippen LogP contribution is -2.00. The molecule has 2 nitrogen and oxygen atoms in total. The highest BCUT2D eigenvalue weighted by atomic mass is 32.2. The summed E-state index contributed by atoms with van der Waals surface area (Å²) in [4.78, 5) is 12.2. The van der Waals surface area contributed by atoms with Crippen molar-refractivity contribution in [3.63, 3.8) is 0 Å². The van der Waals surface area contributed by atoms with Crippen LogP contribution in [0, 0.1) is 13.8 Å². The molecule has 0 atom stereocenters. The van der Waals surface area contributed by atoms with Crippen LogP contribution in [-0.2, 0) is 9.53 Å². The van der Waals surface area contributed by atoms with Gasteiger partial charge in [-0.3, -0.25) is 4.79 Å². The number of ether oxygens (including phenoxy) is 1. The molecule has 0 aliphatic rings. The predicted molar refractivity (Wildman–Crippen MR) is 67.9 cm³/mol. The Hall–Kier alpha value is -0.960. The molecule has 1 aromatic carbocycles. The molecule has 88 valence electrons. The zero-order valence-electron chi connectivity index (χ0n) is 10.1. The van der Waals surface area contributed by atoms with Gasteiger partial charge in [0.05, 0.1) is 7.11 Å². The molecule has 0 saturated heterocycles. The summed E-state index contributed by atoms with van der Waals surface area (Å²) in [6, 6.07) is 6.45. The van der Waals surface area contributed by atoms with E-state index in [0.717, 1.165) is 12.2 Å². The molecule has 0 saturated carbocycles. The Balaban J connectivity index is 2.37. The second kappa shape index (κ2) is 6.59. The first-order valence-electron chi connectivity index (χ1n) is 5.40. The minimum absolute atomic E-state index is 0.124. The lowest BCUT2D eigenvalue weighted by atomic mass is 10.2. The highest BCUT2D eigenvalue weighted by Gasteiger charge is 2.02. The minimum atomic E-state index is -0.124. The van der Waals surface area contributed by atoms with Crippen LogP contribution in [0.25, 0.3) is 0 Å². The topological polar surface area (TPSA) is 26.3 Å². The number of rotatable bonds is 5. The van der Waals surface area contributed by atoms with E-state index in [-0.39, 0.29) is 5.97 Å². The van der Waals surface area contributed by atoms with Crippen LogP contribution in [0.1, 0.15) is 24.0 Å². The largest absolute Gasteiger partial charge is 0.469 e. The summed E-state index contributed by atoms with van der Waals surface area (Å²) in [6.45, 7) is 4.21. The molecule has 0 radical (unpaired) electrons. The van der Waals surface area contributed by atoms with Crippen molar-refractivity contribution in [2.75, 3.05) is 12.9 Å². The van der Waals surface area contributed by atoms with Gasteiger partial charge in [-0.1, -0.05) is 17.7 Å². The van der Waals surface area contributed by atoms with Crippen LogP contribution in [0.5, 0.6) is 0 Å². The average molecular weight is 238 g/mol. The van der Waals surface area contributed by atoms with Crippen molar-refractivity contribution in [1.29, 1.82) is 0 Å². The Morgan fingerprint density at radius 1 is 1.38 bits per heavy atom. The highest BCUT2D eigenvalue weighted by Crippen LogP contribution is 2.24. The van der Waals surface area contributed by atoms with Gasteiger partial charge in [0.2, 0.25) is 0 Å². The molecule has 0 aliphatic carbocycles. The van der Waals surface area contributed by atoms with E-state index in [0.29, 0.717) is 6.42 Å². The predicted octanol–water partition coefficient (Wildman–Crippen LogP) is 3.35. The summed E-state index contributed by atoms with van der Waals surface area (Å²) in [5.74, 6) is 0.834. The maximum absolute atomic E-state index is 10.9. The van der Waals surface area contributed by atoms with Crippen LogP contribution < -0.4 is 0 Å². The van der Waals surface area contributed by atoms with Crippen molar-refractivity contribution in [3.05, 3.63) is 29.3 Å². The number of aryl methyl sites for hydroxylation is 2. The number of thioether (sulfide) groups is 1. The fraction of sp³-hybridized carbons (Fsp3) is 0.462. The molecule has 0 N–H and O–H groups in total.